The zero-order valence-corrected chi connectivity index (χ0v) is 24.2. The molecule has 226 valence electrons. The van der Waals surface area contributed by atoms with E-state index in [-0.39, 0.29) is 18.6 Å². The molecule has 3 heterocycles. The highest BCUT2D eigenvalue weighted by atomic mass is 16.6. The summed E-state index contributed by atoms with van der Waals surface area (Å²) in [4.78, 5) is 27.6. The van der Waals surface area contributed by atoms with Crippen molar-refractivity contribution < 1.29 is 28.5 Å². The number of nitrogens with zero attached hydrogens (tertiary/aromatic N) is 1. The summed E-state index contributed by atoms with van der Waals surface area (Å²) in [6, 6.07) is 28.3. The molecule has 0 saturated carbocycles. The Morgan fingerprint density at radius 2 is 1.48 bits per heavy atom. The van der Waals surface area contributed by atoms with Gasteiger partial charge in [0.2, 0.25) is 0 Å². The van der Waals surface area contributed by atoms with Gasteiger partial charge in [0.1, 0.15) is 35.2 Å². The Morgan fingerprint density at radius 1 is 0.864 bits per heavy atom. The molecule has 5 aromatic rings. The van der Waals surface area contributed by atoms with E-state index in [9.17, 15) is 14.7 Å². The van der Waals surface area contributed by atoms with Crippen LogP contribution in [0.15, 0.2) is 117 Å². The maximum absolute atomic E-state index is 12.8. The number of aromatic nitrogens is 2. The molecule has 0 radical (unpaired) electrons. The summed E-state index contributed by atoms with van der Waals surface area (Å²) in [5.74, 6) is 1.70. The minimum absolute atomic E-state index is 0.0201. The molecule has 44 heavy (non-hydrogen) atoms. The van der Waals surface area contributed by atoms with Crippen molar-refractivity contribution in [2.75, 3.05) is 20.8 Å². The van der Waals surface area contributed by atoms with E-state index in [1.807, 2.05) is 78.9 Å². The van der Waals surface area contributed by atoms with Gasteiger partial charge in [-0.3, -0.25) is 14.3 Å². The molecule has 10 nitrogen and oxygen atoms in total. The standard InChI is InChI=1S/C34H32N2O8/c1-40-25-14-10-23(11-15-25)34(22-7-4-3-5-8-22,24-12-16-26(41-2)17-13-24)43-21-30-28(37)19-31(44-30)36-20-27(29-9-6-18-42-29)32(38)35-33(36)39/h3-18,20,28,30-31,37H,19,21H2,1-2H3,(H,35,38,39)/t28-,30+,31+/m0/s1. The predicted octanol–water partition coefficient (Wildman–Crippen LogP) is 4.47. The molecule has 2 aromatic heterocycles. The number of aromatic amines is 1. The van der Waals surface area contributed by atoms with Crippen LogP contribution in [0, 0.1) is 0 Å². The zero-order valence-electron chi connectivity index (χ0n) is 24.2. The van der Waals surface area contributed by atoms with Gasteiger partial charge in [-0.1, -0.05) is 54.6 Å². The highest BCUT2D eigenvalue weighted by Crippen LogP contribution is 2.42. The smallest absolute Gasteiger partial charge is 0.330 e. The van der Waals surface area contributed by atoms with Crippen LogP contribution in [-0.4, -0.2) is 47.7 Å². The third kappa shape index (κ3) is 5.46. The molecular formula is C34H32N2O8. The van der Waals surface area contributed by atoms with E-state index in [2.05, 4.69) is 4.98 Å². The Hall–Kier alpha value is -4.90. The zero-order chi connectivity index (χ0) is 30.7. The molecule has 1 saturated heterocycles. The number of methoxy groups -OCH3 is 2. The van der Waals surface area contributed by atoms with E-state index in [1.165, 1.54) is 17.0 Å². The fourth-order valence-corrected chi connectivity index (χ4v) is 5.62. The number of furan rings is 1. The van der Waals surface area contributed by atoms with Crippen molar-refractivity contribution in [3.8, 4) is 22.8 Å². The van der Waals surface area contributed by atoms with Gasteiger partial charge >= 0.3 is 5.69 Å². The number of hydrogen-bond acceptors (Lipinski definition) is 8. The Morgan fingerprint density at radius 3 is 2.05 bits per heavy atom. The van der Waals surface area contributed by atoms with Gasteiger partial charge in [-0.05, 0) is 53.1 Å². The normalized spacial score (nSPS) is 18.3. The lowest BCUT2D eigenvalue weighted by Crippen LogP contribution is -2.38. The molecule has 0 amide bonds. The van der Waals surface area contributed by atoms with E-state index < -0.39 is 35.3 Å². The molecule has 0 bridgehead atoms. The number of ether oxygens (including phenoxy) is 4. The summed E-state index contributed by atoms with van der Waals surface area (Å²) in [5, 5.41) is 11.1. The van der Waals surface area contributed by atoms with Crippen LogP contribution in [-0.2, 0) is 15.1 Å². The molecule has 10 heteroatoms. The molecule has 0 unspecified atom stereocenters. The lowest BCUT2D eigenvalue weighted by atomic mass is 9.80. The first-order chi connectivity index (χ1) is 21.4. The summed E-state index contributed by atoms with van der Waals surface area (Å²) >= 11 is 0. The number of H-pyrrole nitrogens is 1. The number of nitrogens with one attached hydrogen (secondary N) is 1. The van der Waals surface area contributed by atoms with Crippen molar-refractivity contribution in [2.45, 2.75) is 30.5 Å². The van der Waals surface area contributed by atoms with Gasteiger partial charge in [-0.25, -0.2) is 4.79 Å². The molecule has 3 atom stereocenters. The van der Waals surface area contributed by atoms with Gasteiger partial charge in [0, 0.05) is 12.6 Å². The Balaban J connectivity index is 1.36. The van der Waals surface area contributed by atoms with Crippen molar-refractivity contribution >= 4 is 0 Å². The van der Waals surface area contributed by atoms with Gasteiger partial charge in [-0.15, -0.1) is 0 Å². The molecule has 1 fully saturated rings. The molecule has 1 aliphatic rings. The first kappa shape index (κ1) is 29.2. The van der Waals surface area contributed by atoms with Crippen LogP contribution < -0.4 is 20.7 Å². The number of rotatable bonds is 10. The van der Waals surface area contributed by atoms with E-state index in [0.717, 1.165) is 16.7 Å². The lowest BCUT2D eigenvalue weighted by Gasteiger charge is -2.37. The average molecular weight is 597 g/mol. The van der Waals surface area contributed by atoms with Gasteiger partial charge in [0.15, 0.2) is 0 Å². The van der Waals surface area contributed by atoms with E-state index in [1.54, 1.807) is 26.4 Å². The van der Waals surface area contributed by atoms with Gasteiger partial charge in [0.05, 0.1) is 38.8 Å². The van der Waals surface area contributed by atoms with Crippen molar-refractivity contribution in [2.24, 2.45) is 0 Å². The fraction of sp³-hybridized carbons (Fsp3) is 0.235. The molecule has 2 N–H and O–H groups in total. The number of hydrogen-bond donors (Lipinski definition) is 2. The Bertz CT molecular complexity index is 1750. The summed E-state index contributed by atoms with van der Waals surface area (Å²) in [7, 11) is 3.22. The van der Waals surface area contributed by atoms with E-state index in [4.69, 9.17) is 23.4 Å². The highest BCUT2D eigenvalue weighted by molar-refractivity contribution is 5.54. The van der Waals surface area contributed by atoms with Crippen molar-refractivity contribution in [3.05, 3.63) is 141 Å². The number of benzene rings is 3. The van der Waals surface area contributed by atoms with Crippen molar-refractivity contribution in [3.63, 3.8) is 0 Å². The van der Waals surface area contributed by atoms with Crippen LogP contribution in [0.1, 0.15) is 29.3 Å². The topological polar surface area (TPSA) is 125 Å². The van der Waals surface area contributed by atoms with Crippen LogP contribution in [0.5, 0.6) is 11.5 Å². The monoisotopic (exact) mass is 596 g/mol. The summed E-state index contributed by atoms with van der Waals surface area (Å²) < 4.78 is 30.6. The molecule has 0 spiro atoms. The second-order valence-corrected chi connectivity index (χ2v) is 10.4. The highest BCUT2D eigenvalue weighted by Gasteiger charge is 2.42. The van der Waals surface area contributed by atoms with Crippen LogP contribution in [0.4, 0.5) is 0 Å². The van der Waals surface area contributed by atoms with E-state index >= 15 is 0 Å². The maximum atomic E-state index is 12.8. The second kappa shape index (κ2) is 12.4. The third-order valence-electron chi connectivity index (χ3n) is 7.91. The molecule has 3 aromatic carbocycles. The largest absolute Gasteiger partial charge is 0.497 e. The fourth-order valence-electron chi connectivity index (χ4n) is 5.62. The van der Waals surface area contributed by atoms with Crippen LogP contribution in [0.25, 0.3) is 11.3 Å². The molecule has 6 rings (SSSR count). The minimum Gasteiger partial charge on any atom is -0.497 e. The summed E-state index contributed by atoms with van der Waals surface area (Å²) in [5.41, 5.74) is 0.360. The molecule has 0 aliphatic carbocycles. The molecule has 1 aliphatic heterocycles. The predicted molar refractivity (Wildman–Crippen MR) is 162 cm³/mol. The summed E-state index contributed by atoms with van der Waals surface area (Å²) in [6.07, 6.45) is 0.365. The van der Waals surface area contributed by atoms with Crippen LogP contribution >= 0.6 is 0 Å². The maximum Gasteiger partial charge on any atom is 0.330 e. The minimum atomic E-state index is -1.11. The van der Waals surface area contributed by atoms with Gasteiger partial charge in [-0.2, -0.15) is 0 Å². The first-order valence-electron chi connectivity index (χ1n) is 14.1. The van der Waals surface area contributed by atoms with Crippen LogP contribution in [0.3, 0.4) is 0 Å². The van der Waals surface area contributed by atoms with Crippen molar-refractivity contribution in [1.29, 1.82) is 0 Å². The summed E-state index contributed by atoms with van der Waals surface area (Å²) in [6.45, 7) is -0.0201. The Labute approximate surface area is 253 Å². The molecular weight excluding hydrogens is 564 g/mol. The van der Waals surface area contributed by atoms with E-state index in [0.29, 0.717) is 17.3 Å². The quantitative estimate of drug-likeness (QED) is 0.226. The van der Waals surface area contributed by atoms with Crippen molar-refractivity contribution in [1.82, 2.24) is 9.55 Å². The second-order valence-electron chi connectivity index (χ2n) is 10.4. The van der Waals surface area contributed by atoms with Crippen LogP contribution in [0.2, 0.25) is 0 Å². The SMILES string of the molecule is COc1ccc(C(OC[C@H]2O[C@@H](n3cc(-c4ccco4)c(=O)[nH]c3=O)C[C@@H]2O)(c2ccccc2)c2ccc(OC)cc2)cc1. The first-order valence-corrected chi connectivity index (χ1v) is 14.1. The number of aliphatic hydroxyl groups is 1. The lowest BCUT2D eigenvalue weighted by molar-refractivity contribution is -0.0944. The third-order valence-corrected chi connectivity index (χ3v) is 7.91. The van der Waals surface area contributed by atoms with Gasteiger partial charge < -0.3 is 28.5 Å². The average Bonchev–Trinajstić information content (AvgIpc) is 3.72. The Kier molecular flexibility index (Phi) is 8.21. The number of aliphatic hydroxyl groups excluding tert-OH is 1. The van der Waals surface area contributed by atoms with Gasteiger partial charge in [0.25, 0.3) is 5.56 Å².